The predicted molar refractivity (Wildman–Crippen MR) is 113 cm³/mol. The number of aliphatic hydroxyl groups is 1. The number of aromatic nitrogens is 3. The molecule has 2 aromatic heterocycles. The highest BCUT2D eigenvalue weighted by Crippen LogP contribution is 2.22. The highest BCUT2D eigenvalue weighted by Gasteiger charge is 2.24. The molecule has 30 heavy (non-hydrogen) atoms. The molecule has 2 amide bonds. The van der Waals surface area contributed by atoms with Gasteiger partial charge in [0.05, 0.1) is 36.5 Å². The molecule has 4 N–H and O–H groups in total. The summed E-state index contributed by atoms with van der Waals surface area (Å²) in [6, 6.07) is 9.14. The quantitative estimate of drug-likeness (QED) is 0.500. The number of carbonyl (C=O) groups excluding carboxylic acids is 1. The molecule has 1 aliphatic carbocycles. The average molecular weight is 409 g/mol. The molecule has 8 nitrogen and oxygen atoms in total. The van der Waals surface area contributed by atoms with Crippen molar-refractivity contribution in [2.24, 2.45) is 0 Å². The van der Waals surface area contributed by atoms with Crippen molar-refractivity contribution in [3.8, 4) is 5.75 Å². The van der Waals surface area contributed by atoms with E-state index in [2.05, 4.69) is 25.6 Å². The Labute approximate surface area is 175 Å². The monoisotopic (exact) mass is 409 g/mol. The van der Waals surface area contributed by atoms with Gasteiger partial charge in [-0.05, 0) is 55.9 Å². The van der Waals surface area contributed by atoms with Crippen LogP contribution in [0.15, 0.2) is 42.7 Å². The van der Waals surface area contributed by atoms with E-state index in [0.29, 0.717) is 12.2 Å². The number of ether oxygens (including phenoxy) is 1. The SMILES string of the molecule is COc1ccc(CC(NC(=O)N[C@H]2CC[C@H](O)CC2)c2nc3ccncc3[nH]2)cc1. The van der Waals surface area contributed by atoms with Crippen molar-refractivity contribution in [2.75, 3.05) is 7.11 Å². The van der Waals surface area contributed by atoms with Gasteiger partial charge < -0.3 is 25.5 Å². The van der Waals surface area contributed by atoms with Crippen molar-refractivity contribution in [3.05, 3.63) is 54.1 Å². The molecule has 0 radical (unpaired) electrons. The first-order valence-corrected chi connectivity index (χ1v) is 10.3. The minimum absolute atomic E-state index is 0.0786. The number of H-pyrrole nitrogens is 1. The number of urea groups is 1. The maximum atomic E-state index is 12.7. The van der Waals surface area contributed by atoms with Crippen LogP contribution < -0.4 is 15.4 Å². The molecule has 0 spiro atoms. The number of fused-ring (bicyclic) bond motifs is 1. The van der Waals surface area contributed by atoms with Gasteiger partial charge in [0.15, 0.2) is 0 Å². The van der Waals surface area contributed by atoms with Crippen molar-refractivity contribution in [1.29, 1.82) is 0 Å². The zero-order valence-corrected chi connectivity index (χ0v) is 17.0. The Bertz CT molecular complexity index is 947. The van der Waals surface area contributed by atoms with Crippen LogP contribution in [-0.4, -0.2) is 45.3 Å². The second-order valence-corrected chi connectivity index (χ2v) is 7.74. The molecule has 1 atom stereocenters. The van der Waals surface area contributed by atoms with E-state index < -0.39 is 0 Å². The number of rotatable bonds is 6. The van der Waals surface area contributed by atoms with Crippen molar-refractivity contribution >= 4 is 17.1 Å². The van der Waals surface area contributed by atoms with Crippen LogP contribution in [0.1, 0.15) is 43.1 Å². The van der Waals surface area contributed by atoms with Crippen LogP contribution in [0.4, 0.5) is 4.79 Å². The molecule has 2 heterocycles. The lowest BCUT2D eigenvalue weighted by Crippen LogP contribution is -2.45. The molecule has 0 bridgehead atoms. The van der Waals surface area contributed by atoms with Gasteiger partial charge in [0.25, 0.3) is 0 Å². The lowest BCUT2D eigenvalue weighted by molar-refractivity contribution is 0.117. The van der Waals surface area contributed by atoms with Crippen LogP contribution in [-0.2, 0) is 6.42 Å². The van der Waals surface area contributed by atoms with E-state index in [1.54, 1.807) is 19.5 Å². The summed E-state index contributed by atoms with van der Waals surface area (Å²) in [5.41, 5.74) is 2.69. The van der Waals surface area contributed by atoms with Gasteiger partial charge in [-0.2, -0.15) is 0 Å². The maximum Gasteiger partial charge on any atom is 0.315 e. The van der Waals surface area contributed by atoms with E-state index in [1.165, 1.54) is 0 Å². The first-order chi connectivity index (χ1) is 14.6. The van der Waals surface area contributed by atoms with E-state index in [1.807, 2.05) is 30.3 Å². The zero-order chi connectivity index (χ0) is 20.9. The van der Waals surface area contributed by atoms with Gasteiger partial charge in [0.1, 0.15) is 11.6 Å². The molecule has 0 saturated heterocycles. The number of nitrogens with zero attached hydrogens (tertiary/aromatic N) is 2. The number of hydrogen-bond donors (Lipinski definition) is 4. The third-order valence-electron chi connectivity index (χ3n) is 5.57. The van der Waals surface area contributed by atoms with Gasteiger partial charge in [-0.15, -0.1) is 0 Å². The van der Waals surface area contributed by atoms with E-state index >= 15 is 0 Å². The summed E-state index contributed by atoms with van der Waals surface area (Å²) in [7, 11) is 1.64. The van der Waals surface area contributed by atoms with E-state index in [4.69, 9.17) is 4.74 Å². The van der Waals surface area contributed by atoms with Gasteiger partial charge in [-0.1, -0.05) is 12.1 Å². The first kappa shape index (κ1) is 20.2. The zero-order valence-electron chi connectivity index (χ0n) is 17.0. The topological polar surface area (TPSA) is 112 Å². The van der Waals surface area contributed by atoms with Gasteiger partial charge >= 0.3 is 6.03 Å². The molecule has 0 aliphatic heterocycles. The average Bonchev–Trinajstić information content (AvgIpc) is 3.20. The van der Waals surface area contributed by atoms with E-state index in [-0.39, 0.29) is 24.2 Å². The van der Waals surface area contributed by atoms with Crippen LogP contribution in [0.25, 0.3) is 11.0 Å². The lowest BCUT2D eigenvalue weighted by atomic mass is 9.93. The van der Waals surface area contributed by atoms with Crippen LogP contribution in [0, 0.1) is 0 Å². The molecule has 1 unspecified atom stereocenters. The predicted octanol–water partition coefficient (Wildman–Crippen LogP) is 2.85. The Balaban J connectivity index is 1.50. The fraction of sp³-hybridized carbons (Fsp3) is 0.409. The minimum Gasteiger partial charge on any atom is -0.497 e. The lowest BCUT2D eigenvalue weighted by Gasteiger charge is -2.27. The van der Waals surface area contributed by atoms with Gasteiger partial charge in [0.2, 0.25) is 0 Å². The van der Waals surface area contributed by atoms with Crippen molar-refractivity contribution in [2.45, 2.75) is 50.3 Å². The number of imidazole rings is 1. The van der Waals surface area contributed by atoms with Crippen molar-refractivity contribution in [1.82, 2.24) is 25.6 Å². The van der Waals surface area contributed by atoms with Gasteiger partial charge in [0, 0.05) is 12.2 Å². The van der Waals surface area contributed by atoms with Crippen LogP contribution >= 0.6 is 0 Å². The first-order valence-electron chi connectivity index (χ1n) is 10.3. The molecule has 8 heteroatoms. The molecular formula is C22H27N5O3. The Hall–Kier alpha value is -3.13. The molecule has 1 fully saturated rings. The largest absolute Gasteiger partial charge is 0.497 e. The fourth-order valence-electron chi connectivity index (χ4n) is 3.86. The van der Waals surface area contributed by atoms with Crippen molar-refractivity contribution < 1.29 is 14.6 Å². The fourth-order valence-corrected chi connectivity index (χ4v) is 3.86. The second-order valence-electron chi connectivity index (χ2n) is 7.74. The summed E-state index contributed by atoms with van der Waals surface area (Å²) < 4.78 is 5.23. The highest BCUT2D eigenvalue weighted by atomic mass is 16.5. The maximum absolute atomic E-state index is 12.7. The summed E-state index contributed by atoms with van der Waals surface area (Å²) in [6.07, 6.45) is 6.76. The Morgan fingerprint density at radius 3 is 2.70 bits per heavy atom. The second kappa shape index (κ2) is 9.13. The number of aliphatic hydroxyl groups excluding tert-OH is 1. The van der Waals surface area contributed by atoms with Gasteiger partial charge in [-0.25, -0.2) is 9.78 Å². The summed E-state index contributed by atoms with van der Waals surface area (Å²) in [5.74, 6) is 1.47. The number of carbonyl (C=O) groups is 1. The number of benzene rings is 1. The standard InChI is InChI=1S/C22H27N5O3/c1-30-17-8-2-14(3-9-17)12-19(21-25-18-10-11-23-13-20(18)26-21)27-22(29)24-15-4-6-16(28)7-5-15/h2-3,8-11,13,15-16,19,28H,4-7,12H2,1H3,(H,25,26)(H2,24,27,29)/t15-,16-,19?. The molecule has 4 rings (SSSR count). The Morgan fingerprint density at radius 1 is 1.23 bits per heavy atom. The summed E-state index contributed by atoms with van der Waals surface area (Å²) in [6.45, 7) is 0. The highest BCUT2D eigenvalue weighted by molar-refractivity contribution is 5.76. The normalized spacial score (nSPS) is 19.9. The van der Waals surface area contributed by atoms with Gasteiger partial charge in [-0.3, -0.25) is 4.98 Å². The number of aromatic amines is 1. The molecule has 1 saturated carbocycles. The van der Waals surface area contributed by atoms with Crippen molar-refractivity contribution in [3.63, 3.8) is 0 Å². The molecule has 3 aromatic rings. The Morgan fingerprint density at radius 2 is 2.00 bits per heavy atom. The number of amides is 2. The number of pyridine rings is 1. The van der Waals surface area contributed by atoms with E-state index in [0.717, 1.165) is 48.0 Å². The third kappa shape index (κ3) is 4.88. The minimum atomic E-state index is -0.333. The smallest absolute Gasteiger partial charge is 0.315 e. The van der Waals surface area contributed by atoms with Crippen LogP contribution in [0.3, 0.4) is 0 Å². The number of nitrogens with one attached hydrogen (secondary N) is 3. The van der Waals surface area contributed by atoms with E-state index in [9.17, 15) is 9.90 Å². The summed E-state index contributed by atoms with van der Waals surface area (Å²) >= 11 is 0. The summed E-state index contributed by atoms with van der Waals surface area (Å²) in [5, 5.41) is 15.8. The molecule has 1 aromatic carbocycles. The molecule has 158 valence electrons. The number of methoxy groups -OCH3 is 1. The molecule has 1 aliphatic rings. The van der Waals surface area contributed by atoms with Crippen LogP contribution in [0.2, 0.25) is 0 Å². The van der Waals surface area contributed by atoms with Crippen LogP contribution in [0.5, 0.6) is 5.75 Å². The molecular weight excluding hydrogens is 382 g/mol. The third-order valence-corrected chi connectivity index (χ3v) is 5.57. The summed E-state index contributed by atoms with van der Waals surface area (Å²) in [4.78, 5) is 24.8. The Kier molecular flexibility index (Phi) is 6.13. The number of hydrogen-bond acceptors (Lipinski definition) is 5.